The van der Waals surface area contributed by atoms with E-state index in [1.807, 2.05) is 0 Å². The first-order chi connectivity index (χ1) is 17.3. The van der Waals surface area contributed by atoms with Crippen LogP contribution in [0.2, 0.25) is 0 Å². The molecular formula is C22H18F4N6O4. The molecule has 0 unspecified atom stereocenters. The van der Waals surface area contributed by atoms with Gasteiger partial charge in [-0.25, -0.2) is 22.2 Å². The van der Waals surface area contributed by atoms with Gasteiger partial charge in [-0.15, -0.1) is 15.3 Å². The average Bonchev–Trinajstić information content (AvgIpc) is 3.54. The molecule has 14 heteroatoms. The number of hydrogen-bond acceptors (Lipinski definition) is 8. The summed E-state index contributed by atoms with van der Waals surface area (Å²) < 4.78 is 62.3. The van der Waals surface area contributed by atoms with E-state index < -0.39 is 60.3 Å². The molecule has 3 N–H and O–H groups in total. The van der Waals surface area contributed by atoms with Crippen molar-refractivity contribution >= 4 is 0 Å². The molecular weight excluding hydrogens is 488 g/mol. The van der Waals surface area contributed by atoms with Crippen LogP contribution in [0.25, 0.3) is 16.9 Å². The first-order valence-corrected chi connectivity index (χ1v) is 10.6. The lowest BCUT2D eigenvalue weighted by molar-refractivity contribution is -0.210. The van der Waals surface area contributed by atoms with E-state index in [1.54, 1.807) is 0 Å². The van der Waals surface area contributed by atoms with Crippen molar-refractivity contribution in [1.29, 1.82) is 0 Å². The lowest BCUT2D eigenvalue weighted by atomic mass is 9.92. The maximum Gasteiger partial charge on any atom is 0.194 e. The zero-order chi connectivity index (χ0) is 25.6. The standard InChI is InChI=1S/C22H18F4N6O4/c23-11-1-3-12(4-2-11)31-9-27-29-22(31)21-20(35)18(19(34)16(8-33)36-21)32-7-15(28-30-32)10-5-13(24)17(26)14(25)6-10/h1-7,9,16,18-21,33-35H,8H2/t16-,18+,19+,20-,21-/m1/s1. The van der Waals surface area contributed by atoms with Crippen molar-refractivity contribution < 1.29 is 37.6 Å². The summed E-state index contributed by atoms with van der Waals surface area (Å²) in [5.41, 5.74) is 0.268. The molecule has 5 atom stereocenters. The molecule has 1 aliphatic rings. The van der Waals surface area contributed by atoms with Crippen molar-refractivity contribution in [2.24, 2.45) is 0 Å². The maximum absolute atomic E-state index is 13.7. The van der Waals surface area contributed by atoms with Crippen LogP contribution in [-0.4, -0.2) is 70.0 Å². The fourth-order valence-electron chi connectivity index (χ4n) is 4.12. The van der Waals surface area contributed by atoms with Crippen molar-refractivity contribution in [2.75, 3.05) is 6.61 Å². The number of aliphatic hydroxyl groups is 3. The minimum absolute atomic E-state index is 0.0646. The predicted molar refractivity (Wildman–Crippen MR) is 112 cm³/mol. The fourth-order valence-corrected chi connectivity index (χ4v) is 4.12. The number of aliphatic hydroxyl groups excluding tert-OH is 3. The van der Waals surface area contributed by atoms with Crippen molar-refractivity contribution in [3.63, 3.8) is 0 Å². The molecule has 1 saturated heterocycles. The third kappa shape index (κ3) is 4.13. The summed E-state index contributed by atoms with van der Waals surface area (Å²) >= 11 is 0. The third-order valence-electron chi connectivity index (χ3n) is 5.92. The lowest BCUT2D eigenvalue weighted by Crippen LogP contribution is -2.53. The smallest absolute Gasteiger partial charge is 0.194 e. The van der Waals surface area contributed by atoms with E-state index in [9.17, 15) is 32.9 Å². The monoisotopic (exact) mass is 506 g/mol. The van der Waals surface area contributed by atoms with Crippen LogP contribution in [0.4, 0.5) is 17.6 Å². The van der Waals surface area contributed by atoms with Crippen LogP contribution in [0.1, 0.15) is 18.0 Å². The molecule has 0 aliphatic carbocycles. The van der Waals surface area contributed by atoms with Crippen molar-refractivity contribution in [1.82, 2.24) is 29.8 Å². The normalized spacial score (nSPS) is 24.2. The molecule has 0 spiro atoms. The molecule has 188 valence electrons. The van der Waals surface area contributed by atoms with Gasteiger partial charge in [0.25, 0.3) is 0 Å². The van der Waals surface area contributed by atoms with Gasteiger partial charge in [-0.2, -0.15) is 0 Å². The van der Waals surface area contributed by atoms with Crippen LogP contribution in [0, 0.1) is 23.3 Å². The van der Waals surface area contributed by atoms with Gasteiger partial charge in [-0.3, -0.25) is 4.57 Å². The zero-order valence-corrected chi connectivity index (χ0v) is 18.2. The Hall–Kier alpha value is -3.72. The number of halogens is 4. The Morgan fingerprint density at radius 3 is 2.31 bits per heavy atom. The maximum atomic E-state index is 13.7. The number of benzene rings is 2. The van der Waals surface area contributed by atoms with E-state index in [2.05, 4.69) is 20.5 Å². The van der Waals surface area contributed by atoms with Gasteiger partial charge >= 0.3 is 0 Å². The predicted octanol–water partition coefficient (Wildman–Crippen LogP) is 1.48. The van der Waals surface area contributed by atoms with E-state index in [4.69, 9.17) is 4.74 Å². The van der Waals surface area contributed by atoms with Crippen molar-refractivity contribution in [3.05, 3.63) is 78.0 Å². The second-order valence-electron chi connectivity index (χ2n) is 8.12. The molecule has 2 aromatic heterocycles. The summed E-state index contributed by atoms with van der Waals surface area (Å²) in [6.45, 7) is -0.637. The molecule has 1 fully saturated rings. The highest BCUT2D eigenvalue weighted by Crippen LogP contribution is 2.38. The fraction of sp³-hybridized carbons (Fsp3) is 0.273. The topological polar surface area (TPSA) is 131 Å². The Kier molecular flexibility index (Phi) is 6.26. The van der Waals surface area contributed by atoms with Gasteiger partial charge in [0.15, 0.2) is 23.3 Å². The highest BCUT2D eigenvalue weighted by atomic mass is 19.2. The number of nitrogens with zero attached hydrogens (tertiary/aromatic N) is 6. The minimum atomic E-state index is -1.64. The Balaban J connectivity index is 1.51. The number of hydrogen-bond donors (Lipinski definition) is 3. The van der Waals surface area contributed by atoms with E-state index in [-0.39, 0.29) is 17.1 Å². The largest absolute Gasteiger partial charge is 0.394 e. The zero-order valence-electron chi connectivity index (χ0n) is 18.2. The summed E-state index contributed by atoms with van der Waals surface area (Å²) in [5, 5.41) is 47.3. The molecule has 2 aromatic carbocycles. The lowest BCUT2D eigenvalue weighted by Gasteiger charge is -2.41. The molecule has 0 amide bonds. The van der Waals surface area contributed by atoms with Gasteiger partial charge in [-0.1, -0.05) is 5.21 Å². The van der Waals surface area contributed by atoms with E-state index >= 15 is 0 Å². The van der Waals surface area contributed by atoms with Gasteiger partial charge in [0.1, 0.15) is 48.3 Å². The van der Waals surface area contributed by atoms with Crippen LogP contribution in [0.3, 0.4) is 0 Å². The van der Waals surface area contributed by atoms with Crippen LogP contribution in [-0.2, 0) is 4.74 Å². The first kappa shape index (κ1) is 24.0. The van der Waals surface area contributed by atoms with E-state index in [0.29, 0.717) is 5.69 Å². The summed E-state index contributed by atoms with van der Waals surface area (Å²) in [5.74, 6) is -4.86. The Morgan fingerprint density at radius 1 is 0.944 bits per heavy atom. The van der Waals surface area contributed by atoms with Crippen molar-refractivity contribution in [3.8, 4) is 16.9 Å². The van der Waals surface area contributed by atoms with E-state index in [0.717, 1.165) is 16.8 Å². The third-order valence-corrected chi connectivity index (χ3v) is 5.92. The molecule has 1 aliphatic heterocycles. The molecule has 36 heavy (non-hydrogen) atoms. The van der Waals surface area contributed by atoms with Gasteiger partial charge < -0.3 is 20.1 Å². The summed E-state index contributed by atoms with van der Waals surface area (Å²) in [6, 6.07) is 5.56. The molecule has 4 aromatic rings. The molecule has 3 heterocycles. The summed E-state index contributed by atoms with van der Waals surface area (Å²) in [7, 11) is 0. The highest BCUT2D eigenvalue weighted by Gasteiger charge is 2.48. The number of ether oxygens (including phenoxy) is 1. The Bertz CT molecular complexity index is 1360. The van der Waals surface area contributed by atoms with Crippen molar-refractivity contribution in [2.45, 2.75) is 30.5 Å². The van der Waals surface area contributed by atoms with Crippen LogP contribution in [0.5, 0.6) is 0 Å². The second-order valence-corrected chi connectivity index (χ2v) is 8.12. The summed E-state index contributed by atoms with van der Waals surface area (Å²) in [4.78, 5) is 0. The average molecular weight is 506 g/mol. The molecule has 0 bridgehead atoms. The Labute approximate surface area is 200 Å². The van der Waals surface area contributed by atoms with Gasteiger partial charge in [-0.05, 0) is 36.4 Å². The molecule has 10 nitrogen and oxygen atoms in total. The minimum Gasteiger partial charge on any atom is -0.394 e. The molecule has 0 radical (unpaired) electrons. The first-order valence-electron chi connectivity index (χ1n) is 10.6. The van der Waals surface area contributed by atoms with Gasteiger partial charge in [0.2, 0.25) is 0 Å². The summed E-state index contributed by atoms with van der Waals surface area (Å²) in [6.07, 6.45) is -2.93. The second kappa shape index (κ2) is 9.39. The number of rotatable bonds is 5. The van der Waals surface area contributed by atoms with Crippen LogP contribution < -0.4 is 0 Å². The van der Waals surface area contributed by atoms with E-state index in [1.165, 1.54) is 41.4 Å². The SMILES string of the molecule is OC[C@H]1O[C@@H](c2nncn2-c2ccc(F)cc2)[C@H](O)[C@@H](n2cc(-c3cc(F)c(F)c(F)c3)nn2)[C@H]1O. The Morgan fingerprint density at radius 2 is 1.64 bits per heavy atom. The van der Waals surface area contributed by atoms with Crippen LogP contribution in [0.15, 0.2) is 48.9 Å². The molecule has 5 rings (SSSR count). The van der Waals surface area contributed by atoms with Gasteiger partial charge in [0, 0.05) is 11.3 Å². The van der Waals surface area contributed by atoms with Crippen LogP contribution >= 0.6 is 0 Å². The number of aromatic nitrogens is 6. The highest BCUT2D eigenvalue weighted by molar-refractivity contribution is 5.58. The molecule has 0 saturated carbocycles. The quantitative estimate of drug-likeness (QED) is 0.274. The van der Waals surface area contributed by atoms with Gasteiger partial charge in [0.05, 0.1) is 12.8 Å².